The third kappa shape index (κ3) is 34.8. The van der Waals surface area contributed by atoms with Gasteiger partial charge in [-0.15, -0.1) is 0 Å². The molecule has 0 bridgehead atoms. The van der Waals surface area contributed by atoms with E-state index >= 15 is 0 Å². The fraction of sp³-hybridized carbons (Fsp3) is 0.308. The molecule has 0 aliphatic carbocycles. The van der Waals surface area contributed by atoms with Gasteiger partial charge in [0.2, 0.25) is 0 Å². The Morgan fingerprint density at radius 2 is 1.22 bits per heavy atom. The summed E-state index contributed by atoms with van der Waals surface area (Å²) in [5, 5.41) is 28.0. The summed E-state index contributed by atoms with van der Waals surface area (Å²) in [7, 11) is 0. The Morgan fingerprint density at radius 1 is 0.913 bits per heavy atom. The minimum atomic E-state index is -1.21. The van der Waals surface area contributed by atoms with Gasteiger partial charge in [-0.1, -0.05) is 30.3 Å². The summed E-state index contributed by atoms with van der Waals surface area (Å²) in [5.74, 6) is -3.38. The maximum atomic E-state index is 10.3. The summed E-state index contributed by atoms with van der Waals surface area (Å²) in [6, 6.07) is 8.32. The molecule has 0 fully saturated rings. The van der Waals surface area contributed by atoms with Crippen molar-refractivity contribution in [2.75, 3.05) is 0 Å². The molecule has 23 heavy (non-hydrogen) atoms. The van der Waals surface area contributed by atoms with E-state index in [4.69, 9.17) is 25.5 Å². The van der Waals surface area contributed by atoms with Crippen molar-refractivity contribution in [3.63, 3.8) is 0 Å². The van der Waals surface area contributed by atoms with Gasteiger partial charge in [-0.05, 0) is 25.8 Å². The van der Waals surface area contributed by atoms with Crippen LogP contribution in [0.25, 0.3) is 0 Å². The molecule has 0 amide bonds. The van der Waals surface area contributed by atoms with Gasteiger partial charge in [0.15, 0.2) is 0 Å². The Hall–Kier alpha value is 0.590. The number of nitrogens with two attached hydrogens (primary N) is 1. The van der Waals surface area contributed by atoms with E-state index in [1.807, 2.05) is 30.3 Å². The molecule has 0 aliphatic heterocycles. The average molecular weight is 351 g/mol. The van der Waals surface area contributed by atoms with Crippen LogP contribution in [0.15, 0.2) is 30.3 Å². The smallest absolute Gasteiger partial charge is 0.550 e. The number of hydrogen-bond acceptors (Lipinski definition) is 7. The molecule has 1 rings (SSSR count). The molecule has 0 aromatic heterocycles. The number of carboxylic acid groups (broad SMARTS) is 3. The quantitative estimate of drug-likeness (QED) is 0.532. The molecule has 0 saturated heterocycles. The van der Waals surface area contributed by atoms with E-state index in [2.05, 4.69) is 0 Å². The largest absolute Gasteiger partial charge is 1.00 e. The zero-order valence-corrected chi connectivity index (χ0v) is 20.2. The van der Waals surface area contributed by atoms with Crippen molar-refractivity contribution in [1.82, 2.24) is 0 Å². The Labute approximate surface area is 201 Å². The summed E-state index contributed by atoms with van der Waals surface area (Å²) in [4.78, 5) is 28.0. The summed E-state index contributed by atoms with van der Waals surface area (Å²) >= 11 is 0. The van der Waals surface area contributed by atoms with Gasteiger partial charge in [-0.25, -0.2) is 0 Å². The molecular weight excluding hydrogens is 335 g/mol. The Morgan fingerprint density at radius 3 is 1.48 bits per heavy atom. The predicted molar refractivity (Wildman–Crippen MR) is 64.5 cm³/mol. The van der Waals surface area contributed by atoms with Crippen LogP contribution in [0.2, 0.25) is 0 Å². The van der Waals surface area contributed by atoms with Crippen molar-refractivity contribution in [3.8, 4) is 0 Å². The first-order valence-electron chi connectivity index (χ1n) is 5.52. The molecule has 112 valence electrons. The van der Waals surface area contributed by atoms with Gasteiger partial charge in [-0.2, -0.15) is 0 Å². The van der Waals surface area contributed by atoms with E-state index in [9.17, 15) is 9.90 Å². The predicted octanol–water partition coefficient (Wildman–Crippen LogP) is -12.2. The SMILES string of the molecule is CC(=O)[O-].CC(=O)[O-].N[C@@H](Cc1ccccc1)C(=O)[O-].[Na+].[Na+].[Na+]. The minimum absolute atomic E-state index is 0. The molecule has 0 aliphatic rings. The van der Waals surface area contributed by atoms with Crippen LogP contribution in [0.4, 0.5) is 0 Å². The number of hydrogen-bond donors (Lipinski definition) is 1. The minimum Gasteiger partial charge on any atom is -0.550 e. The van der Waals surface area contributed by atoms with E-state index in [-0.39, 0.29) is 88.7 Å². The molecule has 1 aromatic rings. The Kier molecular flexibility index (Phi) is 34.2. The van der Waals surface area contributed by atoms with Crippen LogP contribution in [0.3, 0.4) is 0 Å². The first kappa shape index (κ1) is 34.8. The van der Waals surface area contributed by atoms with Gasteiger partial charge in [-0.3, -0.25) is 0 Å². The molecule has 0 unspecified atom stereocenters. The fourth-order valence-corrected chi connectivity index (χ4v) is 0.951. The van der Waals surface area contributed by atoms with Crippen LogP contribution in [-0.2, 0) is 20.8 Å². The summed E-state index contributed by atoms with van der Waals surface area (Å²) in [5.41, 5.74) is 6.20. The van der Waals surface area contributed by atoms with Gasteiger partial charge in [0.05, 0.1) is 5.97 Å². The van der Waals surface area contributed by atoms with Gasteiger partial charge >= 0.3 is 88.7 Å². The van der Waals surface area contributed by atoms with Crippen molar-refractivity contribution in [3.05, 3.63) is 35.9 Å². The van der Waals surface area contributed by atoms with Crippen molar-refractivity contribution < 1.29 is 118 Å². The summed E-state index contributed by atoms with van der Waals surface area (Å²) in [6.07, 6.45) is 0.323. The molecule has 7 nitrogen and oxygen atoms in total. The number of aliphatic carboxylic acids is 3. The van der Waals surface area contributed by atoms with Crippen molar-refractivity contribution in [2.45, 2.75) is 26.3 Å². The maximum absolute atomic E-state index is 10.3. The zero-order chi connectivity index (χ0) is 16.1. The van der Waals surface area contributed by atoms with E-state index in [1.54, 1.807) is 0 Å². The number of carbonyl (C=O) groups is 3. The molecule has 0 radical (unpaired) electrons. The van der Waals surface area contributed by atoms with E-state index < -0.39 is 23.9 Å². The number of carbonyl (C=O) groups excluding carboxylic acids is 3. The first-order valence-corrected chi connectivity index (χ1v) is 5.52. The van der Waals surface area contributed by atoms with E-state index in [0.29, 0.717) is 6.42 Å². The van der Waals surface area contributed by atoms with E-state index in [0.717, 1.165) is 19.4 Å². The third-order valence-electron chi connectivity index (χ3n) is 1.60. The monoisotopic (exact) mass is 351 g/mol. The molecule has 1 atom stereocenters. The van der Waals surface area contributed by atoms with Crippen LogP contribution in [0, 0.1) is 0 Å². The summed E-state index contributed by atoms with van der Waals surface area (Å²) in [6.45, 7) is 1.94. The van der Waals surface area contributed by atoms with Gasteiger partial charge in [0, 0.05) is 18.0 Å². The van der Waals surface area contributed by atoms with Crippen LogP contribution >= 0.6 is 0 Å². The zero-order valence-electron chi connectivity index (χ0n) is 14.2. The average Bonchev–Trinajstić information content (AvgIpc) is 2.28. The first-order chi connectivity index (χ1) is 9.16. The normalized spacial score (nSPS) is 8.65. The van der Waals surface area contributed by atoms with Gasteiger partial charge < -0.3 is 35.4 Å². The fourth-order valence-electron chi connectivity index (χ4n) is 0.951. The van der Waals surface area contributed by atoms with Crippen molar-refractivity contribution in [1.29, 1.82) is 0 Å². The molecule has 1 aromatic carbocycles. The third-order valence-corrected chi connectivity index (χ3v) is 1.60. The van der Waals surface area contributed by atoms with Gasteiger partial charge in [0.25, 0.3) is 0 Å². The molecule has 0 saturated carbocycles. The Balaban J connectivity index is -0.0000000844. The number of rotatable bonds is 3. The molecular formula is C13H16NNa3O6. The molecule has 0 heterocycles. The molecule has 0 spiro atoms. The van der Waals surface area contributed by atoms with Crippen molar-refractivity contribution >= 4 is 17.9 Å². The van der Waals surface area contributed by atoms with Crippen molar-refractivity contribution in [2.24, 2.45) is 5.73 Å². The van der Waals surface area contributed by atoms with Crippen LogP contribution < -0.4 is 110 Å². The second kappa shape index (κ2) is 22.6. The van der Waals surface area contributed by atoms with Gasteiger partial charge in [0.1, 0.15) is 0 Å². The number of carboxylic acids is 3. The topological polar surface area (TPSA) is 146 Å². The van der Waals surface area contributed by atoms with E-state index in [1.165, 1.54) is 0 Å². The number of benzene rings is 1. The Bertz CT molecular complexity index is 411. The second-order valence-corrected chi connectivity index (χ2v) is 3.60. The molecule has 10 heteroatoms. The molecule has 2 N–H and O–H groups in total. The second-order valence-electron chi connectivity index (χ2n) is 3.60. The van der Waals surface area contributed by atoms with Crippen LogP contribution in [0.5, 0.6) is 0 Å². The van der Waals surface area contributed by atoms with Crippen LogP contribution in [0.1, 0.15) is 19.4 Å². The van der Waals surface area contributed by atoms with Crippen LogP contribution in [-0.4, -0.2) is 23.9 Å². The standard InChI is InChI=1S/C9H11NO2.2C2H4O2.3Na/c10-8(9(11)12)6-7-4-2-1-3-5-7;2*1-2(3)4;;;/h1-5,8H,6,10H2,(H,11,12);2*1H3,(H,3,4);;;/q;;;3*+1/p-3/t8-;;;;;/m0...../s1. The summed E-state index contributed by atoms with van der Waals surface area (Å²) < 4.78 is 0. The maximum Gasteiger partial charge on any atom is 1.00 e.